The van der Waals surface area contributed by atoms with Crippen LogP contribution < -0.4 is 14.8 Å². The lowest BCUT2D eigenvalue weighted by atomic mass is 10.2. The first-order chi connectivity index (χ1) is 15.1. The molecule has 3 rings (SSSR count). The average molecular weight is 422 g/mol. The second-order valence-electron chi connectivity index (χ2n) is 7.54. The van der Waals surface area contributed by atoms with Crippen LogP contribution in [0.15, 0.2) is 60.7 Å². The number of unbranched alkanes of at least 4 members (excludes halogenated alkanes) is 2. The van der Waals surface area contributed by atoms with Crippen LogP contribution in [0.2, 0.25) is 0 Å². The summed E-state index contributed by atoms with van der Waals surface area (Å²) in [5.41, 5.74) is 2.69. The molecule has 0 spiro atoms. The van der Waals surface area contributed by atoms with Gasteiger partial charge in [-0.05, 0) is 56.2 Å². The molecule has 0 aliphatic carbocycles. The average Bonchev–Trinajstić information content (AvgIpc) is 3.13. The molecule has 0 unspecified atom stereocenters. The molecule has 31 heavy (non-hydrogen) atoms. The van der Waals surface area contributed by atoms with Crippen LogP contribution in [0.25, 0.3) is 11.0 Å². The Kier molecular flexibility index (Phi) is 8.10. The van der Waals surface area contributed by atoms with Crippen molar-refractivity contribution in [1.82, 2.24) is 14.9 Å². The van der Waals surface area contributed by atoms with Crippen LogP contribution in [0.5, 0.6) is 11.5 Å². The van der Waals surface area contributed by atoms with Gasteiger partial charge in [0, 0.05) is 18.5 Å². The van der Waals surface area contributed by atoms with E-state index in [-0.39, 0.29) is 5.91 Å². The zero-order valence-corrected chi connectivity index (χ0v) is 18.4. The quantitative estimate of drug-likeness (QED) is 0.345. The molecule has 6 nitrogen and oxygen atoms in total. The summed E-state index contributed by atoms with van der Waals surface area (Å²) in [6, 6.07) is 15.8. The van der Waals surface area contributed by atoms with E-state index in [0.717, 1.165) is 60.6 Å². The zero-order valence-electron chi connectivity index (χ0n) is 18.4. The first-order valence-corrected chi connectivity index (χ1v) is 10.7. The van der Waals surface area contributed by atoms with Crippen molar-refractivity contribution < 1.29 is 14.3 Å². The van der Waals surface area contributed by atoms with Crippen LogP contribution in [0.3, 0.4) is 0 Å². The number of rotatable bonds is 12. The Bertz CT molecular complexity index is 1010. The molecule has 6 heteroatoms. The van der Waals surface area contributed by atoms with Gasteiger partial charge in [-0.3, -0.25) is 4.79 Å². The third-order valence-corrected chi connectivity index (χ3v) is 5.13. The van der Waals surface area contributed by atoms with Gasteiger partial charge in [-0.15, -0.1) is 0 Å². The maximum Gasteiger partial charge on any atom is 0.246 e. The lowest BCUT2D eigenvalue weighted by Crippen LogP contribution is -2.24. The van der Waals surface area contributed by atoms with Crippen LogP contribution in [-0.2, 0) is 17.8 Å². The van der Waals surface area contributed by atoms with E-state index in [1.165, 1.54) is 0 Å². The number of hydrogen-bond acceptors (Lipinski definition) is 4. The van der Waals surface area contributed by atoms with E-state index in [4.69, 9.17) is 14.5 Å². The fraction of sp³-hybridized carbons (Fsp3) is 0.360. The second kappa shape index (κ2) is 11.2. The second-order valence-corrected chi connectivity index (χ2v) is 7.54. The minimum absolute atomic E-state index is 0.0707. The van der Waals surface area contributed by atoms with E-state index in [9.17, 15) is 4.79 Å². The zero-order chi connectivity index (χ0) is 22.1. The molecular weight excluding hydrogens is 390 g/mol. The van der Waals surface area contributed by atoms with Crippen LogP contribution in [0, 0.1) is 0 Å². The van der Waals surface area contributed by atoms with Gasteiger partial charge in [-0.2, -0.15) is 0 Å². The number of nitrogens with one attached hydrogen (secondary N) is 1. The molecule has 3 aromatic rings. The number of ether oxygens (including phenoxy) is 2. The normalized spacial score (nSPS) is 10.8. The first kappa shape index (κ1) is 22.4. The predicted molar refractivity (Wildman–Crippen MR) is 124 cm³/mol. The fourth-order valence-corrected chi connectivity index (χ4v) is 3.43. The molecule has 1 N–H and O–H groups in total. The summed E-state index contributed by atoms with van der Waals surface area (Å²) >= 11 is 0. The molecule has 164 valence electrons. The van der Waals surface area contributed by atoms with Gasteiger partial charge in [0.2, 0.25) is 5.91 Å². The monoisotopic (exact) mass is 421 g/mol. The highest BCUT2D eigenvalue weighted by Crippen LogP contribution is 2.20. The van der Waals surface area contributed by atoms with Gasteiger partial charge in [-0.1, -0.05) is 25.1 Å². The molecule has 1 heterocycles. The van der Waals surface area contributed by atoms with Gasteiger partial charge < -0.3 is 19.4 Å². The predicted octanol–water partition coefficient (Wildman–Crippen LogP) is 4.53. The molecule has 1 amide bonds. The Morgan fingerprint density at radius 1 is 1.06 bits per heavy atom. The Morgan fingerprint density at radius 3 is 2.55 bits per heavy atom. The van der Waals surface area contributed by atoms with E-state index in [1.807, 2.05) is 42.5 Å². The minimum atomic E-state index is -0.0707. The van der Waals surface area contributed by atoms with E-state index in [0.29, 0.717) is 18.7 Å². The van der Waals surface area contributed by atoms with Gasteiger partial charge in [0.05, 0.1) is 24.7 Å². The summed E-state index contributed by atoms with van der Waals surface area (Å²) < 4.78 is 13.4. The topological polar surface area (TPSA) is 65.4 Å². The van der Waals surface area contributed by atoms with E-state index in [2.05, 4.69) is 22.5 Å². The van der Waals surface area contributed by atoms with E-state index in [1.54, 1.807) is 14.0 Å². The lowest BCUT2D eigenvalue weighted by molar-refractivity contribution is -0.117. The Labute approximate surface area is 183 Å². The number of fused-ring (bicyclic) bond motifs is 1. The highest BCUT2D eigenvalue weighted by molar-refractivity contribution is 5.92. The summed E-state index contributed by atoms with van der Waals surface area (Å²) in [5, 5.41) is 2.88. The van der Waals surface area contributed by atoms with Gasteiger partial charge in [-0.25, -0.2) is 4.98 Å². The highest BCUT2D eigenvalue weighted by Gasteiger charge is 2.10. The van der Waals surface area contributed by atoms with Crippen LogP contribution in [-0.4, -0.2) is 35.7 Å². The molecule has 0 fully saturated rings. The van der Waals surface area contributed by atoms with E-state index >= 15 is 0 Å². The van der Waals surface area contributed by atoms with Gasteiger partial charge in [0.1, 0.15) is 23.9 Å². The number of nitrogens with zero attached hydrogens (tertiary/aromatic N) is 2. The van der Waals surface area contributed by atoms with E-state index < -0.39 is 0 Å². The van der Waals surface area contributed by atoms with Crippen molar-refractivity contribution in [3.05, 3.63) is 66.5 Å². The summed E-state index contributed by atoms with van der Waals surface area (Å²) in [6.07, 6.45) is 3.89. The number of benzene rings is 2. The van der Waals surface area contributed by atoms with Crippen LogP contribution >= 0.6 is 0 Å². The van der Waals surface area contributed by atoms with Crippen molar-refractivity contribution in [1.29, 1.82) is 0 Å². The van der Waals surface area contributed by atoms with Crippen molar-refractivity contribution in [3.63, 3.8) is 0 Å². The molecule has 0 aliphatic heterocycles. The van der Waals surface area contributed by atoms with Crippen LogP contribution in [0.4, 0.5) is 0 Å². The largest absolute Gasteiger partial charge is 0.497 e. The number of aryl methyl sites for hydroxylation is 1. The molecule has 0 radical (unpaired) electrons. The molecular formula is C25H31N3O3. The number of carbonyl (C=O) groups excluding carboxylic acids is 1. The number of carbonyl (C=O) groups is 1. The van der Waals surface area contributed by atoms with Gasteiger partial charge in [0.25, 0.3) is 0 Å². The summed E-state index contributed by atoms with van der Waals surface area (Å²) in [4.78, 5) is 16.4. The van der Waals surface area contributed by atoms with Crippen molar-refractivity contribution in [2.45, 2.75) is 39.2 Å². The van der Waals surface area contributed by atoms with Crippen molar-refractivity contribution >= 4 is 16.9 Å². The smallest absolute Gasteiger partial charge is 0.246 e. The maximum atomic E-state index is 11.5. The molecule has 0 aliphatic rings. The van der Waals surface area contributed by atoms with Crippen molar-refractivity contribution in [2.24, 2.45) is 0 Å². The summed E-state index contributed by atoms with van der Waals surface area (Å²) in [5.74, 6) is 2.64. The number of aromatic nitrogens is 2. The number of para-hydroxylation sites is 2. The maximum absolute atomic E-state index is 11.5. The number of hydrogen-bond donors (Lipinski definition) is 1. The minimum Gasteiger partial charge on any atom is -0.497 e. The number of imidazole rings is 1. The highest BCUT2D eigenvalue weighted by atomic mass is 16.5. The third kappa shape index (κ3) is 6.35. The molecule has 2 aromatic carbocycles. The van der Waals surface area contributed by atoms with Gasteiger partial charge >= 0.3 is 0 Å². The SMILES string of the molecule is C=C(C)C(=O)NCCCCCc1nc2ccccc2n1CCOc1ccc(OC)cc1. The van der Waals surface area contributed by atoms with Gasteiger partial charge in [0.15, 0.2) is 0 Å². The van der Waals surface area contributed by atoms with Crippen LogP contribution in [0.1, 0.15) is 32.0 Å². The first-order valence-electron chi connectivity index (χ1n) is 10.7. The third-order valence-electron chi connectivity index (χ3n) is 5.13. The number of methoxy groups -OCH3 is 1. The Hall–Kier alpha value is -3.28. The number of amides is 1. The Morgan fingerprint density at radius 2 is 1.81 bits per heavy atom. The molecule has 1 aromatic heterocycles. The molecule has 0 saturated carbocycles. The fourth-order valence-electron chi connectivity index (χ4n) is 3.43. The van der Waals surface area contributed by atoms with Crippen molar-refractivity contribution in [2.75, 3.05) is 20.3 Å². The Balaban J connectivity index is 1.54. The summed E-state index contributed by atoms with van der Waals surface area (Å²) in [7, 11) is 1.65. The van der Waals surface area contributed by atoms with Crippen molar-refractivity contribution in [3.8, 4) is 11.5 Å². The molecule has 0 saturated heterocycles. The summed E-state index contributed by atoms with van der Waals surface area (Å²) in [6.45, 7) is 7.35. The molecule has 0 atom stereocenters. The standard InChI is InChI=1S/C25H31N3O3/c1-19(2)25(29)26-16-8-4-5-11-24-27-22-9-6-7-10-23(22)28(24)17-18-31-21-14-12-20(30-3)13-15-21/h6-7,9-10,12-15H,1,4-5,8,11,16-18H2,2-3H3,(H,26,29). The lowest BCUT2D eigenvalue weighted by Gasteiger charge is -2.11. The molecule has 0 bridgehead atoms.